The van der Waals surface area contributed by atoms with E-state index in [2.05, 4.69) is 5.32 Å². The third-order valence-corrected chi connectivity index (χ3v) is 3.65. The number of halogens is 2. The minimum absolute atomic E-state index is 0.210. The number of nitrogens with one attached hydrogen (secondary N) is 1. The van der Waals surface area contributed by atoms with Gasteiger partial charge in [-0.25, -0.2) is 4.79 Å². The molecule has 0 radical (unpaired) electrons. The SMILES string of the molecule is CC(C)OC(=O)c1cccc(NC(=O)/C=C/c2ccc(Cl)cc2Cl)c1. The first kappa shape index (κ1) is 19.0. The van der Waals surface area contributed by atoms with E-state index in [4.69, 9.17) is 27.9 Å². The summed E-state index contributed by atoms with van der Waals surface area (Å²) in [6.07, 6.45) is 2.73. The minimum Gasteiger partial charge on any atom is -0.459 e. The molecule has 0 spiro atoms. The Labute approximate surface area is 156 Å². The first-order valence-electron chi connectivity index (χ1n) is 7.60. The summed E-state index contributed by atoms with van der Waals surface area (Å²) in [7, 11) is 0. The highest BCUT2D eigenvalue weighted by Gasteiger charge is 2.10. The maximum atomic E-state index is 12.0. The first-order valence-corrected chi connectivity index (χ1v) is 8.36. The Bertz CT molecular complexity index is 816. The fourth-order valence-electron chi connectivity index (χ4n) is 1.99. The molecule has 0 fully saturated rings. The summed E-state index contributed by atoms with van der Waals surface area (Å²) < 4.78 is 5.13. The van der Waals surface area contributed by atoms with E-state index in [1.807, 2.05) is 0 Å². The lowest BCUT2D eigenvalue weighted by atomic mass is 10.2. The molecule has 0 atom stereocenters. The van der Waals surface area contributed by atoms with Gasteiger partial charge in [0.1, 0.15) is 0 Å². The second-order valence-corrected chi connectivity index (χ2v) is 6.37. The summed E-state index contributed by atoms with van der Waals surface area (Å²) in [5, 5.41) is 3.67. The Morgan fingerprint density at radius 1 is 1.12 bits per heavy atom. The van der Waals surface area contributed by atoms with E-state index in [0.717, 1.165) is 0 Å². The summed E-state index contributed by atoms with van der Waals surface area (Å²) >= 11 is 11.9. The van der Waals surface area contributed by atoms with Crippen LogP contribution in [-0.4, -0.2) is 18.0 Å². The Morgan fingerprint density at radius 3 is 2.56 bits per heavy atom. The number of benzene rings is 2. The zero-order chi connectivity index (χ0) is 18.4. The maximum absolute atomic E-state index is 12.0. The van der Waals surface area contributed by atoms with Gasteiger partial charge in [0.05, 0.1) is 11.7 Å². The molecule has 25 heavy (non-hydrogen) atoms. The Kier molecular flexibility index (Phi) is 6.62. The van der Waals surface area contributed by atoms with Gasteiger partial charge < -0.3 is 10.1 Å². The van der Waals surface area contributed by atoms with Crippen molar-refractivity contribution in [1.82, 2.24) is 0 Å². The topological polar surface area (TPSA) is 55.4 Å². The Morgan fingerprint density at radius 2 is 1.88 bits per heavy atom. The number of carbonyl (C=O) groups excluding carboxylic acids is 2. The summed E-state index contributed by atoms with van der Waals surface area (Å²) in [4.78, 5) is 23.9. The third-order valence-electron chi connectivity index (χ3n) is 3.09. The van der Waals surface area contributed by atoms with Crippen molar-refractivity contribution >= 4 is 46.8 Å². The molecule has 0 aliphatic carbocycles. The smallest absolute Gasteiger partial charge is 0.338 e. The molecule has 1 amide bonds. The van der Waals surface area contributed by atoms with Crippen LogP contribution in [0.5, 0.6) is 0 Å². The number of anilines is 1. The number of carbonyl (C=O) groups is 2. The Hall–Kier alpha value is -2.30. The molecule has 0 heterocycles. The van der Waals surface area contributed by atoms with Crippen molar-refractivity contribution in [2.24, 2.45) is 0 Å². The lowest BCUT2D eigenvalue weighted by Gasteiger charge is -2.09. The third kappa shape index (κ3) is 5.93. The largest absolute Gasteiger partial charge is 0.459 e. The predicted octanol–water partition coefficient (Wildman–Crippen LogP) is 5.21. The van der Waals surface area contributed by atoms with E-state index in [0.29, 0.717) is 26.9 Å². The van der Waals surface area contributed by atoms with Crippen LogP contribution in [0.3, 0.4) is 0 Å². The van der Waals surface area contributed by atoms with Crippen molar-refractivity contribution < 1.29 is 14.3 Å². The molecular formula is C19H17Cl2NO3. The Balaban J connectivity index is 2.05. The molecule has 130 valence electrons. The van der Waals surface area contributed by atoms with Crippen LogP contribution in [0, 0.1) is 0 Å². The number of esters is 1. The van der Waals surface area contributed by atoms with Crippen molar-refractivity contribution in [3.63, 3.8) is 0 Å². The average Bonchev–Trinajstić information content (AvgIpc) is 2.53. The molecule has 0 bridgehead atoms. The number of ether oxygens (including phenoxy) is 1. The van der Waals surface area contributed by atoms with Crippen molar-refractivity contribution in [2.45, 2.75) is 20.0 Å². The average molecular weight is 378 g/mol. The molecule has 0 aromatic heterocycles. The number of rotatable bonds is 5. The molecular weight excluding hydrogens is 361 g/mol. The molecule has 1 N–H and O–H groups in total. The second-order valence-electron chi connectivity index (χ2n) is 5.52. The van der Waals surface area contributed by atoms with E-state index in [1.54, 1.807) is 62.4 Å². The van der Waals surface area contributed by atoms with Gasteiger partial charge in [0.25, 0.3) is 0 Å². The van der Waals surface area contributed by atoms with Gasteiger partial charge in [-0.15, -0.1) is 0 Å². The van der Waals surface area contributed by atoms with Crippen LogP contribution in [-0.2, 0) is 9.53 Å². The van der Waals surface area contributed by atoms with Gasteiger partial charge >= 0.3 is 5.97 Å². The van der Waals surface area contributed by atoms with E-state index >= 15 is 0 Å². The van der Waals surface area contributed by atoms with Gasteiger partial charge in [-0.05, 0) is 55.8 Å². The van der Waals surface area contributed by atoms with Gasteiger partial charge in [-0.1, -0.05) is 35.3 Å². The van der Waals surface area contributed by atoms with Crippen LogP contribution in [0.15, 0.2) is 48.5 Å². The van der Waals surface area contributed by atoms with Gasteiger partial charge in [-0.2, -0.15) is 0 Å². The predicted molar refractivity (Wildman–Crippen MR) is 101 cm³/mol. The van der Waals surface area contributed by atoms with Crippen molar-refractivity contribution in [3.8, 4) is 0 Å². The number of hydrogen-bond acceptors (Lipinski definition) is 3. The van der Waals surface area contributed by atoms with Crippen molar-refractivity contribution in [3.05, 3.63) is 69.7 Å². The molecule has 4 nitrogen and oxygen atoms in total. The van der Waals surface area contributed by atoms with Gasteiger partial charge in [-0.3, -0.25) is 4.79 Å². The molecule has 2 aromatic carbocycles. The zero-order valence-electron chi connectivity index (χ0n) is 13.8. The van der Waals surface area contributed by atoms with Crippen molar-refractivity contribution in [1.29, 1.82) is 0 Å². The van der Waals surface area contributed by atoms with Crippen LogP contribution in [0.25, 0.3) is 6.08 Å². The molecule has 0 saturated heterocycles. The molecule has 2 aromatic rings. The van der Waals surface area contributed by atoms with Gasteiger partial charge in [0.2, 0.25) is 5.91 Å². The summed E-state index contributed by atoms with van der Waals surface area (Å²) in [5.41, 5.74) is 1.54. The van der Waals surface area contributed by atoms with Crippen LogP contribution in [0.4, 0.5) is 5.69 Å². The van der Waals surface area contributed by atoms with Gasteiger partial charge in [0, 0.05) is 21.8 Å². The van der Waals surface area contributed by atoms with E-state index in [1.165, 1.54) is 6.08 Å². The molecule has 0 aliphatic rings. The van der Waals surface area contributed by atoms with Crippen LogP contribution in [0.1, 0.15) is 29.8 Å². The standard InChI is InChI=1S/C19H17Cl2NO3/c1-12(2)25-19(24)14-4-3-5-16(10-14)22-18(23)9-7-13-6-8-15(20)11-17(13)21/h3-12H,1-2H3,(H,22,23)/b9-7+. The summed E-state index contributed by atoms with van der Waals surface area (Å²) in [5.74, 6) is -0.782. The van der Waals surface area contributed by atoms with Gasteiger partial charge in [0.15, 0.2) is 0 Å². The first-order chi connectivity index (χ1) is 11.8. The number of hydrogen-bond donors (Lipinski definition) is 1. The van der Waals surface area contributed by atoms with E-state index < -0.39 is 5.97 Å². The molecule has 0 saturated carbocycles. The van der Waals surface area contributed by atoms with Crippen LogP contribution >= 0.6 is 23.2 Å². The van der Waals surface area contributed by atoms with E-state index in [9.17, 15) is 9.59 Å². The molecule has 0 unspecified atom stereocenters. The number of amides is 1. The second kappa shape index (κ2) is 8.70. The maximum Gasteiger partial charge on any atom is 0.338 e. The lowest BCUT2D eigenvalue weighted by molar-refractivity contribution is -0.111. The summed E-state index contributed by atoms with van der Waals surface area (Å²) in [6, 6.07) is 11.6. The molecule has 0 aliphatic heterocycles. The van der Waals surface area contributed by atoms with Crippen LogP contribution < -0.4 is 5.32 Å². The van der Waals surface area contributed by atoms with Crippen molar-refractivity contribution in [2.75, 3.05) is 5.32 Å². The highest BCUT2D eigenvalue weighted by atomic mass is 35.5. The highest BCUT2D eigenvalue weighted by Crippen LogP contribution is 2.22. The highest BCUT2D eigenvalue weighted by molar-refractivity contribution is 6.35. The summed E-state index contributed by atoms with van der Waals surface area (Å²) in [6.45, 7) is 3.55. The monoisotopic (exact) mass is 377 g/mol. The normalized spacial score (nSPS) is 10.9. The zero-order valence-corrected chi connectivity index (χ0v) is 15.3. The molecule has 6 heteroatoms. The minimum atomic E-state index is -0.436. The lowest BCUT2D eigenvalue weighted by Crippen LogP contribution is -2.13. The van der Waals surface area contributed by atoms with Crippen LogP contribution in [0.2, 0.25) is 10.0 Å². The molecule has 2 rings (SSSR count). The fraction of sp³-hybridized carbons (Fsp3) is 0.158. The fourth-order valence-corrected chi connectivity index (χ4v) is 2.46. The van der Waals surface area contributed by atoms with E-state index in [-0.39, 0.29) is 12.0 Å². The quantitative estimate of drug-likeness (QED) is 0.574.